The summed E-state index contributed by atoms with van der Waals surface area (Å²) in [5.74, 6) is -0.335. The van der Waals surface area contributed by atoms with Crippen molar-refractivity contribution in [3.05, 3.63) is 15.8 Å². The SMILES string of the molecule is C=Nc1c(COC(C)=O)csc1/C(Cl)=N\C. The van der Waals surface area contributed by atoms with E-state index >= 15 is 0 Å². The zero-order valence-electron chi connectivity index (χ0n) is 8.99. The van der Waals surface area contributed by atoms with Gasteiger partial charge in [0.1, 0.15) is 11.8 Å². The van der Waals surface area contributed by atoms with Crippen molar-refractivity contribution < 1.29 is 9.53 Å². The van der Waals surface area contributed by atoms with E-state index in [2.05, 4.69) is 16.7 Å². The summed E-state index contributed by atoms with van der Waals surface area (Å²) in [7, 11) is 1.60. The lowest BCUT2D eigenvalue weighted by Crippen LogP contribution is -1.98. The summed E-state index contributed by atoms with van der Waals surface area (Å²) in [6.45, 7) is 5.00. The monoisotopic (exact) mass is 258 g/mol. The maximum atomic E-state index is 10.7. The summed E-state index contributed by atoms with van der Waals surface area (Å²) in [6.07, 6.45) is 0. The largest absolute Gasteiger partial charge is 0.461 e. The number of rotatable bonds is 4. The van der Waals surface area contributed by atoms with Gasteiger partial charge in [-0.3, -0.25) is 14.8 Å². The van der Waals surface area contributed by atoms with E-state index in [1.54, 1.807) is 7.05 Å². The molecule has 0 aromatic carbocycles. The molecule has 0 saturated carbocycles. The van der Waals surface area contributed by atoms with Crippen molar-refractivity contribution in [1.29, 1.82) is 0 Å². The van der Waals surface area contributed by atoms with Crippen LogP contribution >= 0.6 is 22.9 Å². The van der Waals surface area contributed by atoms with Crippen LogP contribution in [0.3, 0.4) is 0 Å². The molecule has 0 spiro atoms. The predicted octanol–water partition coefficient (Wildman–Crippen LogP) is 2.76. The number of aliphatic imine (C=N–C) groups is 2. The Bertz CT molecular complexity index is 440. The molecular weight excluding hydrogens is 248 g/mol. The number of halogens is 1. The molecule has 0 fully saturated rings. The van der Waals surface area contributed by atoms with Gasteiger partial charge in [0.2, 0.25) is 0 Å². The molecule has 0 saturated heterocycles. The number of carbonyl (C=O) groups is 1. The van der Waals surface area contributed by atoms with E-state index in [-0.39, 0.29) is 12.6 Å². The lowest BCUT2D eigenvalue weighted by Gasteiger charge is -2.01. The first kappa shape index (κ1) is 12.9. The molecule has 0 aliphatic heterocycles. The van der Waals surface area contributed by atoms with Crippen molar-refractivity contribution in [2.75, 3.05) is 7.05 Å². The van der Waals surface area contributed by atoms with Crippen LogP contribution in [0.5, 0.6) is 0 Å². The third-order valence-electron chi connectivity index (χ3n) is 1.81. The molecule has 1 heterocycles. The van der Waals surface area contributed by atoms with Crippen molar-refractivity contribution in [3.63, 3.8) is 0 Å². The Morgan fingerprint density at radius 1 is 1.69 bits per heavy atom. The van der Waals surface area contributed by atoms with Crippen molar-refractivity contribution in [3.8, 4) is 0 Å². The van der Waals surface area contributed by atoms with Gasteiger partial charge in [0.25, 0.3) is 0 Å². The highest BCUT2D eigenvalue weighted by molar-refractivity contribution is 7.15. The van der Waals surface area contributed by atoms with Crippen LogP contribution in [0.2, 0.25) is 0 Å². The summed E-state index contributed by atoms with van der Waals surface area (Å²) in [5.41, 5.74) is 1.41. The highest BCUT2D eigenvalue weighted by atomic mass is 35.5. The Morgan fingerprint density at radius 3 is 2.88 bits per heavy atom. The lowest BCUT2D eigenvalue weighted by molar-refractivity contribution is -0.142. The van der Waals surface area contributed by atoms with Crippen molar-refractivity contribution in [1.82, 2.24) is 0 Å². The number of hydrogen-bond acceptors (Lipinski definition) is 5. The third-order valence-corrected chi connectivity index (χ3v) is 3.31. The van der Waals surface area contributed by atoms with E-state index < -0.39 is 0 Å². The molecule has 1 aromatic rings. The second-order valence-electron chi connectivity index (χ2n) is 2.89. The van der Waals surface area contributed by atoms with E-state index in [1.165, 1.54) is 18.3 Å². The summed E-state index contributed by atoms with van der Waals surface area (Å²) >= 11 is 7.31. The second-order valence-corrected chi connectivity index (χ2v) is 4.13. The lowest BCUT2D eigenvalue weighted by atomic mass is 10.2. The number of ether oxygens (including phenoxy) is 1. The molecular formula is C10H11ClN2O2S. The minimum absolute atomic E-state index is 0.175. The van der Waals surface area contributed by atoms with Crippen LogP contribution in [0.4, 0.5) is 5.69 Å². The maximum absolute atomic E-state index is 10.7. The highest BCUT2D eigenvalue weighted by Crippen LogP contribution is 2.32. The Labute approximate surface area is 103 Å². The molecule has 4 nitrogen and oxygen atoms in total. The van der Waals surface area contributed by atoms with E-state index in [9.17, 15) is 4.79 Å². The van der Waals surface area contributed by atoms with Crippen LogP contribution in [0, 0.1) is 0 Å². The normalized spacial score (nSPS) is 11.3. The Kier molecular flexibility index (Phi) is 4.64. The molecule has 1 aromatic heterocycles. The average molecular weight is 259 g/mol. The first-order valence-electron chi connectivity index (χ1n) is 4.43. The molecule has 0 aliphatic carbocycles. The molecule has 16 heavy (non-hydrogen) atoms. The fourth-order valence-electron chi connectivity index (χ4n) is 1.09. The van der Waals surface area contributed by atoms with E-state index in [0.717, 1.165) is 10.4 Å². The first-order chi connectivity index (χ1) is 7.60. The van der Waals surface area contributed by atoms with Crippen molar-refractivity contribution in [2.45, 2.75) is 13.5 Å². The van der Waals surface area contributed by atoms with Gasteiger partial charge in [-0.25, -0.2) is 0 Å². The minimum atomic E-state index is -0.335. The highest BCUT2D eigenvalue weighted by Gasteiger charge is 2.14. The summed E-state index contributed by atoms with van der Waals surface area (Å²) in [6, 6.07) is 0. The van der Waals surface area contributed by atoms with Crippen LogP contribution in [0.1, 0.15) is 17.4 Å². The van der Waals surface area contributed by atoms with Gasteiger partial charge >= 0.3 is 5.97 Å². The van der Waals surface area contributed by atoms with Crippen molar-refractivity contribution >= 4 is 46.5 Å². The average Bonchev–Trinajstić information content (AvgIpc) is 2.67. The molecule has 86 valence electrons. The predicted molar refractivity (Wildman–Crippen MR) is 67.3 cm³/mol. The van der Waals surface area contributed by atoms with Gasteiger partial charge in [0.15, 0.2) is 0 Å². The van der Waals surface area contributed by atoms with Gasteiger partial charge in [-0.2, -0.15) is 0 Å². The molecule has 0 atom stereocenters. The van der Waals surface area contributed by atoms with Crippen molar-refractivity contribution in [2.24, 2.45) is 9.98 Å². The molecule has 0 amide bonds. The quantitative estimate of drug-likeness (QED) is 0.616. The van der Waals surface area contributed by atoms with Gasteiger partial charge in [0.05, 0.1) is 10.6 Å². The van der Waals surface area contributed by atoms with E-state index in [1.807, 2.05) is 5.38 Å². The van der Waals surface area contributed by atoms with Gasteiger partial charge in [0, 0.05) is 24.9 Å². The number of hydrogen-bond donors (Lipinski definition) is 0. The number of esters is 1. The van der Waals surface area contributed by atoms with E-state index in [0.29, 0.717) is 10.9 Å². The Morgan fingerprint density at radius 2 is 2.38 bits per heavy atom. The fourth-order valence-corrected chi connectivity index (χ4v) is 2.25. The van der Waals surface area contributed by atoms with Crippen LogP contribution in [-0.2, 0) is 16.1 Å². The number of nitrogens with zero attached hydrogens (tertiary/aromatic N) is 2. The zero-order valence-corrected chi connectivity index (χ0v) is 10.6. The smallest absolute Gasteiger partial charge is 0.302 e. The standard InChI is InChI=1S/C10H11ClN2O2S/c1-6(14)15-4-7-5-16-9(8(7)12-2)10(11)13-3/h5H,2,4H2,1,3H3/b13-10+. The summed E-state index contributed by atoms with van der Waals surface area (Å²) in [5, 5.41) is 2.21. The second kappa shape index (κ2) is 5.77. The minimum Gasteiger partial charge on any atom is -0.461 e. The first-order valence-corrected chi connectivity index (χ1v) is 5.69. The molecule has 0 N–H and O–H groups in total. The Balaban J connectivity index is 2.99. The molecule has 6 heteroatoms. The van der Waals surface area contributed by atoms with Gasteiger partial charge in [-0.1, -0.05) is 11.6 Å². The Hall–Kier alpha value is -1.20. The fraction of sp³-hybridized carbons (Fsp3) is 0.300. The van der Waals surface area contributed by atoms with Crippen LogP contribution in [0.25, 0.3) is 0 Å². The number of thiophene rings is 1. The van der Waals surface area contributed by atoms with Gasteiger partial charge in [-0.15, -0.1) is 11.3 Å². The van der Waals surface area contributed by atoms with E-state index in [4.69, 9.17) is 16.3 Å². The van der Waals surface area contributed by atoms with Crippen LogP contribution < -0.4 is 0 Å². The summed E-state index contributed by atoms with van der Waals surface area (Å²) in [4.78, 5) is 19.2. The van der Waals surface area contributed by atoms with Crippen LogP contribution in [-0.4, -0.2) is 24.9 Å². The molecule has 1 rings (SSSR count). The molecule has 0 unspecified atom stereocenters. The zero-order chi connectivity index (χ0) is 12.1. The number of carbonyl (C=O) groups excluding carboxylic acids is 1. The van der Waals surface area contributed by atoms with Gasteiger partial charge in [-0.05, 0) is 6.72 Å². The third kappa shape index (κ3) is 2.90. The van der Waals surface area contributed by atoms with Gasteiger partial charge < -0.3 is 4.74 Å². The molecule has 0 bridgehead atoms. The molecule has 0 radical (unpaired) electrons. The van der Waals surface area contributed by atoms with Crippen LogP contribution in [0.15, 0.2) is 15.4 Å². The topological polar surface area (TPSA) is 51.0 Å². The molecule has 0 aliphatic rings. The summed E-state index contributed by atoms with van der Waals surface area (Å²) < 4.78 is 4.89. The maximum Gasteiger partial charge on any atom is 0.302 e.